The van der Waals surface area contributed by atoms with Crippen LogP contribution in [0.5, 0.6) is 0 Å². The Morgan fingerprint density at radius 3 is 2.53 bits per heavy atom. The zero-order chi connectivity index (χ0) is 12.6. The normalized spacial score (nSPS) is 12.6. The van der Waals surface area contributed by atoms with E-state index in [9.17, 15) is 0 Å². The van der Waals surface area contributed by atoms with Gasteiger partial charge in [0.05, 0.1) is 11.0 Å². The van der Waals surface area contributed by atoms with Crippen LogP contribution in [-0.2, 0) is 6.54 Å². The summed E-state index contributed by atoms with van der Waals surface area (Å²) in [7, 11) is 0. The molecule has 17 heavy (non-hydrogen) atoms. The van der Waals surface area contributed by atoms with E-state index in [4.69, 9.17) is 10.7 Å². The molecule has 0 aliphatic heterocycles. The van der Waals surface area contributed by atoms with Crippen LogP contribution >= 0.6 is 0 Å². The van der Waals surface area contributed by atoms with Gasteiger partial charge in [-0.15, -0.1) is 0 Å². The lowest BCUT2D eigenvalue weighted by Crippen LogP contribution is -2.37. The Labute approximate surface area is 103 Å². The molecule has 2 aromatic rings. The third-order valence-corrected chi connectivity index (χ3v) is 2.77. The van der Waals surface area contributed by atoms with Crippen LogP contribution in [0.25, 0.3) is 11.0 Å². The first-order valence-corrected chi connectivity index (χ1v) is 6.12. The minimum absolute atomic E-state index is 0.229. The van der Waals surface area contributed by atoms with Gasteiger partial charge in [0.2, 0.25) is 0 Å². The molecule has 2 rings (SSSR count). The summed E-state index contributed by atoms with van der Waals surface area (Å²) < 4.78 is 2.25. The summed E-state index contributed by atoms with van der Waals surface area (Å²) in [6.45, 7) is 9.22. The van der Waals surface area contributed by atoms with Crippen molar-refractivity contribution in [2.75, 3.05) is 0 Å². The predicted molar refractivity (Wildman–Crippen MR) is 72.1 cm³/mol. The van der Waals surface area contributed by atoms with E-state index in [1.807, 2.05) is 26.0 Å². The molecule has 1 heterocycles. The van der Waals surface area contributed by atoms with Crippen molar-refractivity contribution < 1.29 is 0 Å². The molecule has 0 saturated carbocycles. The Morgan fingerprint density at radius 1 is 1.29 bits per heavy atom. The lowest BCUT2D eigenvalue weighted by Gasteiger charge is -2.22. The van der Waals surface area contributed by atoms with Gasteiger partial charge in [0.15, 0.2) is 0 Å². The summed E-state index contributed by atoms with van der Waals surface area (Å²) >= 11 is 0. The predicted octanol–water partition coefficient (Wildman–Crippen LogP) is 2.90. The summed E-state index contributed by atoms with van der Waals surface area (Å²) in [6.07, 6.45) is 0. The van der Waals surface area contributed by atoms with Crippen LogP contribution in [0.4, 0.5) is 0 Å². The fourth-order valence-electron chi connectivity index (χ4n) is 2.11. The lowest BCUT2D eigenvalue weighted by molar-refractivity contribution is 0.427. The average Bonchev–Trinajstić information content (AvgIpc) is 2.55. The number of para-hydroxylation sites is 2. The highest BCUT2D eigenvalue weighted by Gasteiger charge is 2.18. The molecule has 2 N–H and O–H groups in total. The second-order valence-electron chi connectivity index (χ2n) is 5.69. The quantitative estimate of drug-likeness (QED) is 0.882. The second kappa shape index (κ2) is 4.15. The standard InChI is InChI=1S/C14H21N3/c1-10(2)13-16-11-7-5-6-8-12(11)17(13)9-14(3,4)15/h5-8,10H,9,15H2,1-4H3. The molecule has 0 radical (unpaired) electrons. The molecular formula is C14H21N3. The van der Waals surface area contributed by atoms with E-state index in [1.54, 1.807) is 0 Å². The van der Waals surface area contributed by atoms with Crippen LogP contribution in [0, 0.1) is 0 Å². The third-order valence-electron chi connectivity index (χ3n) is 2.77. The smallest absolute Gasteiger partial charge is 0.112 e. The number of rotatable bonds is 3. The fourth-order valence-corrected chi connectivity index (χ4v) is 2.11. The van der Waals surface area contributed by atoms with Crippen molar-refractivity contribution in [3.63, 3.8) is 0 Å². The maximum absolute atomic E-state index is 6.14. The molecule has 0 fully saturated rings. The lowest BCUT2D eigenvalue weighted by atomic mass is 10.1. The maximum Gasteiger partial charge on any atom is 0.112 e. The van der Waals surface area contributed by atoms with Gasteiger partial charge in [-0.2, -0.15) is 0 Å². The molecule has 3 nitrogen and oxygen atoms in total. The van der Waals surface area contributed by atoms with E-state index in [0.717, 1.165) is 17.9 Å². The summed E-state index contributed by atoms with van der Waals surface area (Å²) in [5.74, 6) is 1.52. The molecule has 92 valence electrons. The number of nitrogens with zero attached hydrogens (tertiary/aromatic N) is 2. The highest BCUT2D eigenvalue weighted by atomic mass is 15.1. The van der Waals surface area contributed by atoms with E-state index in [-0.39, 0.29) is 5.54 Å². The van der Waals surface area contributed by atoms with Crippen molar-refractivity contribution in [1.29, 1.82) is 0 Å². The van der Waals surface area contributed by atoms with E-state index in [0.29, 0.717) is 5.92 Å². The highest BCUT2D eigenvalue weighted by Crippen LogP contribution is 2.23. The molecule has 0 saturated heterocycles. The number of imidazole rings is 1. The molecule has 0 unspecified atom stereocenters. The largest absolute Gasteiger partial charge is 0.326 e. The van der Waals surface area contributed by atoms with Gasteiger partial charge in [0.25, 0.3) is 0 Å². The summed E-state index contributed by atoms with van der Waals surface area (Å²) in [6, 6.07) is 8.24. The number of benzene rings is 1. The maximum atomic E-state index is 6.14. The minimum atomic E-state index is -0.229. The van der Waals surface area contributed by atoms with Gasteiger partial charge in [-0.05, 0) is 26.0 Å². The molecule has 0 bridgehead atoms. The van der Waals surface area contributed by atoms with Crippen LogP contribution < -0.4 is 5.73 Å². The monoisotopic (exact) mass is 231 g/mol. The molecule has 0 aliphatic rings. The van der Waals surface area contributed by atoms with Crippen LogP contribution in [0.2, 0.25) is 0 Å². The van der Waals surface area contributed by atoms with Crippen LogP contribution in [0.15, 0.2) is 24.3 Å². The van der Waals surface area contributed by atoms with E-state index in [2.05, 4.69) is 30.5 Å². The zero-order valence-electron chi connectivity index (χ0n) is 11.1. The average molecular weight is 231 g/mol. The van der Waals surface area contributed by atoms with Crippen LogP contribution in [0.1, 0.15) is 39.4 Å². The number of nitrogens with two attached hydrogens (primary N) is 1. The molecule has 0 amide bonds. The third kappa shape index (κ3) is 2.50. The fraction of sp³-hybridized carbons (Fsp3) is 0.500. The highest BCUT2D eigenvalue weighted by molar-refractivity contribution is 5.76. The summed E-state index contributed by atoms with van der Waals surface area (Å²) in [5.41, 5.74) is 8.14. The summed E-state index contributed by atoms with van der Waals surface area (Å²) in [4.78, 5) is 4.70. The van der Waals surface area contributed by atoms with Crippen molar-refractivity contribution in [2.45, 2.75) is 45.7 Å². The van der Waals surface area contributed by atoms with Crippen molar-refractivity contribution in [2.24, 2.45) is 5.73 Å². The Morgan fingerprint density at radius 2 is 1.94 bits per heavy atom. The number of hydrogen-bond acceptors (Lipinski definition) is 2. The topological polar surface area (TPSA) is 43.8 Å². The van der Waals surface area contributed by atoms with Crippen LogP contribution in [0.3, 0.4) is 0 Å². The first-order chi connectivity index (χ1) is 7.88. The minimum Gasteiger partial charge on any atom is -0.326 e. The number of aromatic nitrogens is 2. The zero-order valence-corrected chi connectivity index (χ0v) is 11.1. The van der Waals surface area contributed by atoms with Gasteiger partial charge in [0.1, 0.15) is 5.82 Å². The molecule has 1 aromatic heterocycles. The Hall–Kier alpha value is -1.35. The SMILES string of the molecule is CC(C)c1nc2ccccc2n1CC(C)(C)N. The Balaban J connectivity index is 2.60. The first-order valence-electron chi connectivity index (χ1n) is 6.12. The molecule has 0 aliphatic carbocycles. The second-order valence-corrected chi connectivity index (χ2v) is 5.69. The van der Waals surface area contributed by atoms with E-state index in [1.165, 1.54) is 5.52 Å². The van der Waals surface area contributed by atoms with Gasteiger partial charge in [0, 0.05) is 18.0 Å². The van der Waals surface area contributed by atoms with Crippen molar-refractivity contribution in [1.82, 2.24) is 9.55 Å². The van der Waals surface area contributed by atoms with Gasteiger partial charge < -0.3 is 10.3 Å². The molecule has 3 heteroatoms. The Bertz CT molecular complexity index is 518. The first kappa shape index (κ1) is 12.1. The van der Waals surface area contributed by atoms with Crippen LogP contribution in [-0.4, -0.2) is 15.1 Å². The molecule has 0 atom stereocenters. The van der Waals surface area contributed by atoms with Gasteiger partial charge in [-0.1, -0.05) is 26.0 Å². The van der Waals surface area contributed by atoms with Gasteiger partial charge >= 0.3 is 0 Å². The number of hydrogen-bond donors (Lipinski definition) is 1. The van der Waals surface area contributed by atoms with E-state index < -0.39 is 0 Å². The molecule has 0 spiro atoms. The summed E-state index contributed by atoms with van der Waals surface area (Å²) in [5, 5.41) is 0. The van der Waals surface area contributed by atoms with Gasteiger partial charge in [-0.25, -0.2) is 4.98 Å². The van der Waals surface area contributed by atoms with Crippen molar-refractivity contribution in [3.05, 3.63) is 30.1 Å². The van der Waals surface area contributed by atoms with Crippen molar-refractivity contribution >= 4 is 11.0 Å². The number of fused-ring (bicyclic) bond motifs is 1. The van der Waals surface area contributed by atoms with E-state index >= 15 is 0 Å². The molecular weight excluding hydrogens is 210 g/mol. The Kier molecular flexibility index (Phi) is 2.96. The molecule has 1 aromatic carbocycles. The van der Waals surface area contributed by atoms with Crippen molar-refractivity contribution in [3.8, 4) is 0 Å². The van der Waals surface area contributed by atoms with Gasteiger partial charge in [-0.3, -0.25) is 0 Å².